The predicted octanol–water partition coefficient (Wildman–Crippen LogP) is 1.10. The van der Waals surface area contributed by atoms with Gasteiger partial charge in [0.1, 0.15) is 6.61 Å². The van der Waals surface area contributed by atoms with Crippen molar-refractivity contribution in [1.82, 2.24) is 0 Å². The van der Waals surface area contributed by atoms with E-state index in [9.17, 15) is 9.36 Å². The zero-order valence-electron chi connectivity index (χ0n) is 5.90. The smallest absolute Gasteiger partial charge is 0.481 e. The van der Waals surface area contributed by atoms with Gasteiger partial charge in [-0.3, -0.25) is 4.79 Å². The normalized spacial score (nSPS) is 14.4. The summed E-state index contributed by atoms with van der Waals surface area (Å²) < 4.78 is 14.9. The maximum atomic E-state index is 10.3. The molecule has 0 saturated carbocycles. The van der Waals surface area contributed by atoms with E-state index in [2.05, 4.69) is 4.52 Å². The number of carboxylic acid groups (broad SMARTS) is 1. The van der Waals surface area contributed by atoms with Gasteiger partial charge in [-0.15, -0.1) is 4.52 Å². The molecule has 0 fully saturated rings. The van der Waals surface area contributed by atoms with Gasteiger partial charge >= 0.3 is 14.0 Å². The van der Waals surface area contributed by atoms with Gasteiger partial charge in [0.25, 0.3) is 0 Å². The lowest BCUT2D eigenvalue weighted by Crippen LogP contribution is -2.14. The van der Waals surface area contributed by atoms with Crippen LogP contribution in [0, 0.1) is 5.92 Å². The van der Waals surface area contributed by atoms with Crippen LogP contribution in [-0.2, 0) is 13.9 Å². The average Bonchev–Trinajstić information content (AvgIpc) is 1.82. The minimum atomic E-state index is -1.67. The van der Waals surface area contributed by atoms with Crippen LogP contribution in [-0.4, -0.2) is 24.3 Å². The van der Waals surface area contributed by atoms with Crippen molar-refractivity contribution in [1.29, 1.82) is 0 Å². The first-order chi connectivity index (χ1) is 4.54. The largest absolute Gasteiger partial charge is 0.504 e. The topological polar surface area (TPSA) is 63.6 Å². The van der Waals surface area contributed by atoms with Crippen molar-refractivity contribution in [3.63, 3.8) is 0 Å². The molecule has 0 aromatic heterocycles. The highest BCUT2D eigenvalue weighted by atomic mass is 31.1. The van der Waals surface area contributed by atoms with Gasteiger partial charge in [0.2, 0.25) is 0 Å². The number of hydrogen-bond acceptors (Lipinski definition) is 3. The fraction of sp³-hybridized carbons (Fsp3) is 0.800. The molecule has 0 heterocycles. The van der Waals surface area contributed by atoms with Crippen molar-refractivity contribution in [3.8, 4) is 0 Å². The number of carbonyl (C=O) groups is 1. The van der Waals surface area contributed by atoms with Crippen molar-refractivity contribution >= 4 is 14.0 Å². The number of aliphatic carboxylic acids is 1. The first-order valence-electron chi connectivity index (χ1n) is 2.80. The van der Waals surface area contributed by atoms with E-state index >= 15 is 0 Å². The van der Waals surface area contributed by atoms with Crippen LogP contribution in [0.1, 0.15) is 6.92 Å². The SMILES string of the molecule is C[C@H](CO[P+](C)=O)C(=O)O. The fourth-order valence-corrected chi connectivity index (χ4v) is 0.722. The minimum Gasteiger partial charge on any atom is -0.481 e. The standard InChI is InChI=1S/C5H9O4P/c1-4(5(6)7)3-9-10(2)8/h4H,3H2,1-2H3/p+1/t4-/m1/s1. The van der Waals surface area contributed by atoms with Crippen LogP contribution in [0.25, 0.3) is 0 Å². The van der Waals surface area contributed by atoms with Crippen molar-refractivity contribution in [2.45, 2.75) is 6.92 Å². The molecule has 58 valence electrons. The highest BCUT2D eigenvalue weighted by Crippen LogP contribution is 2.16. The zero-order chi connectivity index (χ0) is 8.15. The maximum absolute atomic E-state index is 10.3. The Labute approximate surface area is 60.1 Å². The molecule has 0 aromatic carbocycles. The molecule has 2 atom stereocenters. The molecule has 4 nitrogen and oxygen atoms in total. The third-order valence-electron chi connectivity index (χ3n) is 0.928. The minimum absolute atomic E-state index is 0.0149. The lowest BCUT2D eigenvalue weighted by molar-refractivity contribution is -0.141. The molecule has 0 rings (SSSR count). The third kappa shape index (κ3) is 4.41. The average molecular weight is 165 g/mol. The second kappa shape index (κ2) is 4.36. The van der Waals surface area contributed by atoms with Crippen molar-refractivity contribution in [3.05, 3.63) is 0 Å². The molecule has 0 aliphatic carbocycles. The van der Waals surface area contributed by atoms with E-state index in [1.807, 2.05) is 0 Å². The first kappa shape index (κ1) is 9.53. The number of carboxylic acids is 1. The van der Waals surface area contributed by atoms with Gasteiger partial charge in [-0.25, -0.2) is 0 Å². The van der Waals surface area contributed by atoms with Gasteiger partial charge in [-0.1, -0.05) is 0 Å². The molecule has 0 aliphatic heterocycles. The monoisotopic (exact) mass is 165 g/mol. The fourth-order valence-electron chi connectivity index (χ4n) is 0.288. The van der Waals surface area contributed by atoms with Crippen LogP contribution in [0.4, 0.5) is 0 Å². The van der Waals surface area contributed by atoms with E-state index in [4.69, 9.17) is 5.11 Å². The number of hydrogen-bond donors (Lipinski definition) is 1. The van der Waals surface area contributed by atoms with Gasteiger partial charge in [0, 0.05) is 0 Å². The summed E-state index contributed by atoms with van der Waals surface area (Å²) in [5.41, 5.74) is 0. The Morgan fingerprint density at radius 3 is 2.60 bits per heavy atom. The van der Waals surface area contributed by atoms with Crippen molar-refractivity contribution in [2.24, 2.45) is 5.92 Å². The van der Waals surface area contributed by atoms with Crippen molar-refractivity contribution < 1.29 is 19.0 Å². The Bertz CT molecular complexity index is 145. The van der Waals surface area contributed by atoms with Gasteiger partial charge in [0.15, 0.2) is 6.66 Å². The Morgan fingerprint density at radius 2 is 2.30 bits per heavy atom. The van der Waals surface area contributed by atoms with E-state index in [0.29, 0.717) is 0 Å². The van der Waals surface area contributed by atoms with Crippen LogP contribution in [0.3, 0.4) is 0 Å². The maximum Gasteiger partial charge on any atom is 0.504 e. The summed E-state index contributed by atoms with van der Waals surface area (Å²) in [6, 6.07) is 0. The molecule has 0 saturated heterocycles. The van der Waals surface area contributed by atoms with Gasteiger partial charge in [-0.05, 0) is 11.5 Å². The number of rotatable bonds is 4. The highest BCUT2D eigenvalue weighted by Gasteiger charge is 2.16. The summed E-state index contributed by atoms with van der Waals surface area (Å²) in [5.74, 6) is -1.52. The van der Waals surface area contributed by atoms with Gasteiger partial charge in [-0.2, -0.15) is 0 Å². The van der Waals surface area contributed by atoms with Crippen LogP contribution in [0.5, 0.6) is 0 Å². The second-order valence-electron chi connectivity index (χ2n) is 1.97. The van der Waals surface area contributed by atoms with Gasteiger partial charge in [0.05, 0.1) is 5.92 Å². The van der Waals surface area contributed by atoms with E-state index < -0.39 is 19.9 Å². The molecular formula is C5H10O4P+. The predicted molar refractivity (Wildman–Crippen MR) is 36.3 cm³/mol. The van der Waals surface area contributed by atoms with Crippen LogP contribution in [0.2, 0.25) is 0 Å². The molecule has 0 radical (unpaired) electrons. The van der Waals surface area contributed by atoms with E-state index in [1.165, 1.54) is 13.6 Å². The van der Waals surface area contributed by atoms with E-state index in [-0.39, 0.29) is 6.61 Å². The van der Waals surface area contributed by atoms with E-state index in [1.54, 1.807) is 0 Å². The Hall–Kier alpha value is -0.470. The Balaban J connectivity index is 3.49. The lowest BCUT2D eigenvalue weighted by atomic mass is 10.2. The van der Waals surface area contributed by atoms with Crippen molar-refractivity contribution in [2.75, 3.05) is 13.3 Å². The summed E-state index contributed by atoms with van der Waals surface area (Å²) in [6.45, 7) is 2.91. The molecular weight excluding hydrogens is 155 g/mol. The van der Waals surface area contributed by atoms with Gasteiger partial charge < -0.3 is 5.11 Å². The summed E-state index contributed by atoms with van der Waals surface area (Å²) >= 11 is 0. The molecule has 10 heavy (non-hydrogen) atoms. The van der Waals surface area contributed by atoms with Crippen LogP contribution in [0.15, 0.2) is 0 Å². The lowest BCUT2D eigenvalue weighted by Gasteiger charge is -1.97. The van der Waals surface area contributed by atoms with Crippen LogP contribution >= 0.6 is 8.03 Å². The third-order valence-corrected chi connectivity index (χ3v) is 1.44. The molecule has 0 amide bonds. The molecule has 5 heteroatoms. The summed E-state index contributed by atoms with van der Waals surface area (Å²) in [4.78, 5) is 10.1. The quantitative estimate of drug-likeness (QED) is 0.633. The first-order valence-corrected chi connectivity index (χ1v) is 4.43. The summed E-state index contributed by atoms with van der Waals surface area (Å²) in [5, 5.41) is 8.32. The summed E-state index contributed by atoms with van der Waals surface area (Å²) in [6.07, 6.45) is 0. The second-order valence-corrected chi connectivity index (χ2v) is 3.11. The van der Waals surface area contributed by atoms with E-state index in [0.717, 1.165) is 0 Å². The van der Waals surface area contributed by atoms with Crippen LogP contribution < -0.4 is 0 Å². The Morgan fingerprint density at radius 1 is 1.80 bits per heavy atom. The molecule has 0 aromatic rings. The summed E-state index contributed by atoms with van der Waals surface area (Å²) in [7, 11) is -1.67. The Kier molecular flexibility index (Phi) is 4.16. The highest BCUT2D eigenvalue weighted by molar-refractivity contribution is 7.38. The molecule has 0 aliphatic rings. The zero-order valence-corrected chi connectivity index (χ0v) is 6.80. The molecule has 0 spiro atoms. The molecule has 1 unspecified atom stereocenters. The molecule has 0 bridgehead atoms. The molecule has 1 N–H and O–H groups in total.